The van der Waals surface area contributed by atoms with Gasteiger partial charge in [0.2, 0.25) is 0 Å². The molecule has 2 rings (SSSR count). The molecule has 0 atom stereocenters. The van der Waals surface area contributed by atoms with E-state index in [1.54, 1.807) is 0 Å². The van der Waals surface area contributed by atoms with Crippen molar-refractivity contribution < 1.29 is 9.53 Å². The third-order valence-corrected chi connectivity index (χ3v) is 5.32. The van der Waals surface area contributed by atoms with Crippen LogP contribution >= 0.6 is 11.9 Å². The minimum atomic E-state index is -0.397. The first-order chi connectivity index (χ1) is 9.84. The zero-order valence-electron chi connectivity index (χ0n) is 13.9. The number of likely N-dealkylation sites (tertiary alicyclic amines) is 1. The van der Waals surface area contributed by atoms with Crippen molar-refractivity contribution in [1.82, 2.24) is 9.62 Å². The molecule has 0 unspecified atom stereocenters. The highest BCUT2D eigenvalue weighted by atomic mass is 32.2. The molecule has 122 valence electrons. The second-order valence-corrected chi connectivity index (χ2v) is 8.58. The smallest absolute Gasteiger partial charge is 0.410 e. The zero-order valence-corrected chi connectivity index (χ0v) is 14.7. The summed E-state index contributed by atoms with van der Waals surface area (Å²) in [5.41, 5.74) is -0.0439. The molecule has 1 amide bonds. The highest BCUT2D eigenvalue weighted by Crippen LogP contribution is 2.44. The van der Waals surface area contributed by atoms with E-state index in [2.05, 4.69) is 11.6 Å². The summed E-state index contributed by atoms with van der Waals surface area (Å²) in [6, 6.07) is 0.649. The molecule has 1 spiro atoms. The van der Waals surface area contributed by atoms with Crippen LogP contribution in [-0.4, -0.2) is 41.5 Å². The van der Waals surface area contributed by atoms with Gasteiger partial charge in [0.15, 0.2) is 0 Å². The highest BCUT2D eigenvalue weighted by molar-refractivity contribution is 7.97. The predicted octanol–water partition coefficient (Wildman–Crippen LogP) is 3.81. The van der Waals surface area contributed by atoms with E-state index in [0.717, 1.165) is 25.3 Å². The van der Waals surface area contributed by atoms with Crippen molar-refractivity contribution in [1.29, 1.82) is 0 Å². The van der Waals surface area contributed by atoms with Gasteiger partial charge in [0.25, 0.3) is 0 Å². The maximum atomic E-state index is 12.2. The van der Waals surface area contributed by atoms with Crippen LogP contribution < -0.4 is 4.72 Å². The Hall–Kier alpha value is -0.420. The van der Waals surface area contributed by atoms with E-state index >= 15 is 0 Å². The summed E-state index contributed by atoms with van der Waals surface area (Å²) in [5, 5.41) is 0. The fourth-order valence-corrected chi connectivity index (χ4v) is 4.01. The van der Waals surface area contributed by atoms with Gasteiger partial charge in [-0.25, -0.2) is 4.79 Å². The van der Waals surface area contributed by atoms with Crippen LogP contribution in [0.3, 0.4) is 0 Å². The van der Waals surface area contributed by atoms with Crippen LogP contribution in [0.15, 0.2) is 0 Å². The van der Waals surface area contributed by atoms with Crippen molar-refractivity contribution in [3.8, 4) is 0 Å². The van der Waals surface area contributed by atoms with E-state index in [1.807, 2.05) is 37.6 Å². The van der Waals surface area contributed by atoms with Crippen molar-refractivity contribution in [3.05, 3.63) is 0 Å². The van der Waals surface area contributed by atoms with Crippen LogP contribution in [0.2, 0.25) is 0 Å². The minimum Gasteiger partial charge on any atom is -0.444 e. The SMILES string of the molecule is CCSNC1CCC2(CC1)CCN(C(=O)OC(C)(C)C)C2. The number of carbonyl (C=O) groups excluding carboxylic acids is 1. The van der Waals surface area contributed by atoms with Crippen LogP contribution in [0.4, 0.5) is 4.79 Å². The lowest BCUT2D eigenvalue weighted by Crippen LogP contribution is -2.39. The first kappa shape index (κ1) is 16.9. The number of nitrogens with zero attached hydrogens (tertiary/aromatic N) is 1. The monoisotopic (exact) mass is 314 g/mol. The summed E-state index contributed by atoms with van der Waals surface area (Å²) in [6.45, 7) is 9.71. The van der Waals surface area contributed by atoms with Crippen LogP contribution in [0, 0.1) is 5.41 Å². The van der Waals surface area contributed by atoms with E-state index in [4.69, 9.17) is 4.74 Å². The molecular weight excluding hydrogens is 284 g/mol. The van der Waals surface area contributed by atoms with E-state index in [1.165, 1.54) is 25.7 Å². The number of hydrogen-bond acceptors (Lipinski definition) is 4. The van der Waals surface area contributed by atoms with Gasteiger partial charge in [-0.2, -0.15) is 0 Å². The van der Waals surface area contributed by atoms with Gasteiger partial charge in [-0.1, -0.05) is 18.9 Å². The van der Waals surface area contributed by atoms with Crippen LogP contribution in [0.1, 0.15) is 59.8 Å². The Morgan fingerprint density at radius 3 is 2.57 bits per heavy atom. The normalized spacial score (nSPS) is 29.9. The highest BCUT2D eigenvalue weighted by Gasteiger charge is 2.43. The summed E-state index contributed by atoms with van der Waals surface area (Å²) in [4.78, 5) is 14.1. The molecule has 2 aliphatic rings. The van der Waals surface area contributed by atoms with Gasteiger partial charge >= 0.3 is 6.09 Å². The van der Waals surface area contributed by atoms with Crippen LogP contribution in [0.5, 0.6) is 0 Å². The molecule has 2 fully saturated rings. The summed E-state index contributed by atoms with van der Waals surface area (Å²) in [7, 11) is 0. The Kier molecular flexibility index (Phi) is 5.47. The Balaban J connectivity index is 1.81. The zero-order chi connectivity index (χ0) is 15.5. The minimum absolute atomic E-state index is 0.138. The molecule has 0 aromatic rings. The molecule has 5 heteroatoms. The maximum absolute atomic E-state index is 12.2. The van der Waals surface area contributed by atoms with Gasteiger partial charge in [-0.05, 0) is 58.3 Å². The molecule has 1 N–H and O–H groups in total. The topological polar surface area (TPSA) is 41.6 Å². The van der Waals surface area contributed by atoms with Crippen LogP contribution in [0.25, 0.3) is 0 Å². The lowest BCUT2D eigenvalue weighted by molar-refractivity contribution is 0.0260. The van der Waals surface area contributed by atoms with Crippen molar-refractivity contribution in [3.63, 3.8) is 0 Å². The molecule has 0 radical (unpaired) electrons. The number of amides is 1. The molecule has 0 aromatic heterocycles. The standard InChI is InChI=1S/C16H30N2O2S/c1-5-21-17-13-6-8-16(9-7-13)10-11-18(12-16)14(19)20-15(2,3)4/h13,17H,5-12H2,1-4H3. The summed E-state index contributed by atoms with van der Waals surface area (Å²) >= 11 is 1.82. The summed E-state index contributed by atoms with van der Waals surface area (Å²) in [5.74, 6) is 1.12. The molecule has 1 heterocycles. The quantitative estimate of drug-likeness (QED) is 0.804. The maximum Gasteiger partial charge on any atom is 0.410 e. The van der Waals surface area contributed by atoms with Gasteiger partial charge in [0, 0.05) is 24.9 Å². The van der Waals surface area contributed by atoms with E-state index in [0.29, 0.717) is 11.5 Å². The Morgan fingerprint density at radius 1 is 1.33 bits per heavy atom. The van der Waals surface area contributed by atoms with Crippen molar-refractivity contribution in [2.24, 2.45) is 5.41 Å². The van der Waals surface area contributed by atoms with Crippen molar-refractivity contribution >= 4 is 18.0 Å². The van der Waals surface area contributed by atoms with Gasteiger partial charge in [-0.15, -0.1) is 0 Å². The Bertz CT molecular complexity index is 360. The Morgan fingerprint density at radius 2 is 2.00 bits per heavy atom. The van der Waals surface area contributed by atoms with E-state index in [-0.39, 0.29) is 6.09 Å². The molecule has 0 bridgehead atoms. The average molecular weight is 314 g/mol. The number of rotatable bonds is 3. The largest absolute Gasteiger partial charge is 0.444 e. The number of ether oxygens (including phenoxy) is 1. The first-order valence-corrected chi connectivity index (χ1v) is 9.17. The number of nitrogens with one attached hydrogen (secondary N) is 1. The molecule has 0 aromatic carbocycles. The molecule has 1 aliphatic heterocycles. The van der Waals surface area contributed by atoms with E-state index < -0.39 is 5.60 Å². The molecule has 1 aliphatic carbocycles. The second kappa shape index (κ2) is 6.78. The van der Waals surface area contributed by atoms with E-state index in [9.17, 15) is 4.79 Å². The third kappa shape index (κ3) is 4.78. The number of hydrogen-bond donors (Lipinski definition) is 1. The molecule has 1 saturated carbocycles. The summed E-state index contributed by atoms with van der Waals surface area (Å²) < 4.78 is 9.06. The summed E-state index contributed by atoms with van der Waals surface area (Å²) in [6.07, 6.45) is 5.92. The molecule has 21 heavy (non-hydrogen) atoms. The van der Waals surface area contributed by atoms with Crippen molar-refractivity contribution in [2.45, 2.75) is 71.4 Å². The first-order valence-electron chi connectivity index (χ1n) is 8.19. The third-order valence-electron chi connectivity index (χ3n) is 4.53. The molecule has 4 nitrogen and oxygen atoms in total. The molecule has 1 saturated heterocycles. The van der Waals surface area contributed by atoms with Gasteiger partial charge in [0.05, 0.1) is 0 Å². The van der Waals surface area contributed by atoms with Crippen molar-refractivity contribution in [2.75, 3.05) is 18.8 Å². The van der Waals surface area contributed by atoms with Crippen LogP contribution in [-0.2, 0) is 4.74 Å². The van der Waals surface area contributed by atoms with Gasteiger partial charge < -0.3 is 9.64 Å². The van der Waals surface area contributed by atoms with Gasteiger partial charge in [-0.3, -0.25) is 4.72 Å². The lowest BCUT2D eigenvalue weighted by atomic mass is 9.72. The fraction of sp³-hybridized carbons (Fsp3) is 0.938. The predicted molar refractivity (Wildman–Crippen MR) is 88.4 cm³/mol. The molecular formula is C16H30N2O2S. The van der Waals surface area contributed by atoms with Gasteiger partial charge in [0.1, 0.15) is 5.60 Å². The number of carbonyl (C=O) groups is 1. The lowest BCUT2D eigenvalue weighted by Gasteiger charge is -2.37. The second-order valence-electron chi connectivity index (χ2n) is 7.48. The fourth-order valence-electron chi connectivity index (χ4n) is 3.37. The Labute approximate surface area is 133 Å². The average Bonchev–Trinajstić information content (AvgIpc) is 2.81.